The Morgan fingerprint density at radius 2 is 1.50 bits per heavy atom. The van der Waals surface area contributed by atoms with Gasteiger partial charge >= 0.3 is 0 Å². The van der Waals surface area contributed by atoms with Crippen molar-refractivity contribution in [2.45, 2.75) is 89.3 Å². The highest BCUT2D eigenvalue weighted by Gasteiger charge is 2.28. The highest BCUT2D eigenvalue weighted by molar-refractivity contribution is 4.86. The van der Waals surface area contributed by atoms with E-state index in [4.69, 9.17) is 4.74 Å². The molecule has 2 heteroatoms. The molecule has 2 aliphatic carbocycles. The van der Waals surface area contributed by atoms with Crippen molar-refractivity contribution in [1.29, 1.82) is 0 Å². The fourth-order valence-corrected chi connectivity index (χ4v) is 3.85. The van der Waals surface area contributed by atoms with Crippen molar-refractivity contribution in [3.63, 3.8) is 0 Å². The van der Waals surface area contributed by atoms with E-state index >= 15 is 0 Å². The lowest BCUT2D eigenvalue weighted by Crippen LogP contribution is -2.49. The Labute approximate surface area is 113 Å². The van der Waals surface area contributed by atoms with Crippen LogP contribution in [-0.2, 0) is 4.74 Å². The molecule has 0 heterocycles. The molecule has 2 saturated carbocycles. The zero-order chi connectivity index (χ0) is 12.8. The Hall–Kier alpha value is -0.0800. The molecule has 2 fully saturated rings. The third kappa shape index (κ3) is 3.96. The second kappa shape index (κ2) is 7.49. The van der Waals surface area contributed by atoms with Crippen molar-refractivity contribution in [3.8, 4) is 0 Å². The molecule has 18 heavy (non-hydrogen) atoms. The number of nitrogens with one attached hydrogen (secondary N) is 1. The van der Waals surface area contributed by atoms with Crippen LogP contribution in [0.25, 0.3) is 0 Å². The van der Waals surface area contributed by atoms with Gasteiger partial charge in [0.2, 0.25) is 0 Å². The molecule has 106 valence electrons. The molecule has 2 aliphatic rings. The van der Waals surface area contributed by atoms with Gasteiger partial charge in [0.25, 0.3) is 0 Å². The monoisotopic (exact) mass is 253 g/mol. The van der Waals surface area contributed by atoms with E-state index in [1.165, 1.54) is 64.2 Å². The minimum atomic E-state index is 0.451. The van der Waals surface area contributed by atoms with Crippen LogP contribution in [0.3, 0.4) is 0 Å². The van der Waals surface area contributed by atoms with Crippen LogP contribution in [0.4, 0.5) is 0 Å². The predicted octanol–water partition coefficient (Wildman–Crippen LogP) is 3.89. The maximum absolute atomic E-state index is 5.65. The van der Waals surface area contributed by atoms with Gasteiger partial charge in [-0.25, -0.2) is 0 Å². The van der Waals surface area contributed by atoms with Gasteiger partial charge in [-0.15, -0.1) is 0 Å². The molecule has 0 aromatic carbocycles. The number of ether oxygens (including phenoxy) is 1. The van der Waals surface area contributed by atoms with Crippen LogP contribution in [-0.4, -0.2) is 25.3 Å². The number of rotatable bonds is 4. The van der Waals surface area contributed by atoms with Crippen LogP contribution in [0, 0.1) is 5.92 Å². The summed E-state index contributed by atoms with van der Waals surface area (Å²) >= 11 is 0. The van der Waals surface area contributed by atoms with E-state index in [0.717, 1.165) is 5.92 Å². The third-order valence-electron chi connectivity index (χ3n) is 5.09. The summed E-state index contributed by atoms with van der Waals surface area (Å²) in [5.74, 6) is 0.895. The van der Waals surface area contributed by atoms with Crippen LogP contribution >= 0.6 is 0 Å². The minimum absolute atomic E-state index is 0.451. The van der Waals surface area contributed by atoms with Crippen LogP contribution < -0.4 is 5.32 Å². The topological polar surface area (TPSA) is 21.3 Å². The summed E-state index contributed by atoms with van der Waals surface area (Å²) in [5.41, 5.74) is 0. The van der Waals surface area contributed by atoms with Crippen molar-refractivity contribution in [1.82, 2.24) is 5.32 Å². The summed E-state index contributed by atoms with van der Waals surface area (Å²) in [6, 6.07) is 1.27. The third-order valence-corrected chi connectivity index (χ3v) is 5.09. The summed E-state index contributed by atoms with van der Waals surface area (Å²) in [6.45, 7) is 2.40. The Balaban J connectivity index is 1.82. The van der Waals surface area contributed by atoms with Crippen molar-refractivity contribution in [2.75, 3.05) is 7.11 Å². The van der Waals surface area contributed by atoms with E-state index in [1.54, 1.807) is 0 Å². The van der Waals surface area contributed by atoms with Gasteiger partial charge in [0.15, 0.2) is 0 Å². The molecule has 2 rings (SSSR count). The van der Waals surface area contributed by atoms with E-state index in [9.17, 15) is 0 Å². The van der Waals surface area contributed by atoms with Gasteiger partial charge in [0.05, 0.1) is 6.10 Å². The molecule has 0 saturated heterocycles. The van der Waals surface area contributed by atoms with E-state index in [2.05, 4.69) is 12.2 Å². The Morgan fingerprint density at radius 3 is 2.17 bits per heavy atom. The normalized spacial score (nSPS) is 33.0. The SMILES string of the molecule is COC1CCCCC1N[C@@H](C)C1CCCCCC1. The number of hydrogen-bond donors (Lipinski definition) is 1. The maximum atomic E-state index is 5.65. The molecule has 2 nitrogen and oxygen atoms in total. The van der Waals surface area contributed by atoms with Crippen LogP contribution in [0.5, 0.6) is 0 Å². The highest BCUT2D eigenvalue weighted by Crippen LogP contribution is 2.27. The molecule has 3 atom stereocenters. The summed E-state index contributed by atoms with van der Waals surface area (Å²) in [5, 5.41) is 3.89. The molecule has 2 unspecified atom stereocenters. The smallest absolute Gasteiger partial charge is 0.0724 e. The first-order valence-electron chi connectivity index (χ1n) is 8.10. The fraction of sp³-hybridized carbons (Fsp3) is 1.00. The first-order chi connectivity index (χ1) is 8.81. The summed E-state index contributed by atoms with van der Waals surface area (Å²) in [4.78, 5) is 0. The second-order valence-electron chi connectivity index (χ2n) is 6.37. The van der Waals surface area contributed by atoms with Crippen molar-refractivity contribution >= 4 is 0 Å². The number of methoxy groups -OCH3 is 1. The van der Waals surface area contributed by atoms with E-state index < -0.39 is 0 Å². The van der Waals surface area contributed by atoms with Gasteiger partial charge in [-0.1, -0.05) is 38.5 Å². The molecular weight excluding hydrogens is 222 g/mol. The highest BCUT2D eigenvalue weighted by atomic mass is 16.5. The minimum Gasteiger partial charge on any atom is -0.380 e. The van der Waals surface area contributed by atoms with E-state index in [1.807, 2.05) is 7.11 Å². The lowest BCUT2D eigenvalue weighted by atomic mass is 9.88. The standard InChI is InChI=1S/C16H31NO/c1-13(14-9-5-3-4-6-10-14)17-15-11-7-8-12-16(15)18-2/h13-17H,3-12H2,1-2H3/t13-,15?,16?/m0/s1. The average molecular weight is 253 g/mol. The molecule has 0 bridgehead atoms. The zero-order valence-corrected chi connectivity index (χ0v) is 12.3. The molecule has 0 amide bonds. The second-order valence-corrected chi connectivity index (χ2v) is 6.37. The van der Waals surface area contributed by atoms with Gasteiger partial charge in [0, 0.05) is 19.2 Å². The average Bonchev–Trinajstić information content (AvgIpc) is 2.68. The Bertz CT molecular complexity index is 223. The molecule has 0 aromatic rings. The number of hydrogen-bond acceptors (Lipinski definition) is 2. The summed E-state index contributed by atoms with van der Waals surface area (Å²) in [7, 11) is 1.88. The zero-order valence-electron chi connectivity index (χ0n) is 12.3. The molecule has 1 N–H and O–H groups in total. The van der Waals surface area contributed by atoms with Crippen LogP contribution in [0.2, 0.25) is 0 Å². The van der Waals surface area contributed by atoms with Crippen LogP contribution in [0.15, 0.2) is 0 Å². The molecule has 0 aliphatic heterocycles. The molecule has 0 spiro atoms. The van der Waals surface area contributed by atoms with E-state index in [0.29, 0.717) is 18.2 Å². The molecule has 0 radical (unpaired) electrons. The van der Waals surface area contributed by atoms with Gasteiger partial charge in [-0.05, 0) is 38.5 Å². The summed E-state index contributed by atoms with van der Waals surface area (Å²) < 4.78 is 5.65. The van der Waals surface area contributed by atoms with E-state index in [-0.39, 0.29) is 0 Å². The van der Waals surface area contributed by atoms with Crippen LogP contribution in [0.1, 0.15) is 71.1 Å². The lowest BCUT2D eigenvalue weighted by molar-refractivity contribution is 0.0351. The molecular formula is C16H31NO. The fourth-order valence-electron chi connectivity index (χ4n) is 3.85. The first kappa shape index (κ1) is 14.3. The predicted molar refractivity (Wildman–Crippen MR) is 76.8 cm³/mol. The van der Waals surface area contributed by atoms with Crippen molar-refractivity contribution < 1.29 is 4.74 Å². The van der Waals surface area contributed by atoms with Gasteiger partial charge in [-0.3, -0.25) is 0 Å². The van der Waals surface area contributed by atoms with Gasteiger partial charge < -0.3 is 10.1 Å². The van der Waals surface area contributed by atoms with Crippen molar-refractivity contribution in [3.05, 3.63) is 0 Å². The lowest BCUT2D eigenvalue weighted by Gasteiger charge is -2.35. The quantitative estimate of drug-likeness (QED) is 0.767. The maximum Gasteiger partial charge on any atom is 0.0724 e. The van der Waals surface area contributed by atoms with Gasteiger partial charge in [-0.2, -0.15) is 0 Å². The summed E-state index contributed by atoms with van der Waals surface area (Å²) in [6.07, 6.45) is 14.3. The first-order valence-corrected chi connectivity index (χ1v) is 8.10. The van der Waals surface area contributed by atoms with Crippen molar-refractivity contribution in [2.24, 2.45) is 5.92 Å². The molecule has 0 aromatic heterocycles. The largest absolute Gasteiger partial charge is 0.380 e. The van der Waals surface area contributed by atoms with Gasteiger partial charge in [0.1, 0.15) is 0 Å². The Morgan fingerprint density at radius 1 is 0.889 bits per heavy atom. The Kier molecular flexibility index (Phi) is 5.97.